The van der Waals surface area contributed by atoms with Crippen molar-refractivity contribution >= 4 is 22.9 Å². The van der Waals surface area contributed by atoms with Crippen molar-refractivity contribution in [2.75, 3.05) is 5.43 Å². The Morgan fingerprint density at radius 3 is 2.79 bits per heavy atom. The highest BCUT2D eigenvalue weighted by molar-refractivity contribution is 7.11. The molecule has 0 unspecified atom stereocenters. The Morgan fingerprint density at radius 2 is 2.21 bits per heavy atom. The molecule has 4 N–H and O–H groups in total. The zero-order valence-electron chi connectivity index (χ0n) is 10.9. The zero-order chi connectivity index (χ0) is 13.8. The van der Waals surface area contributed by atoms with Crippen LogP contribution in [0.4, 0.5) is 5.69 Å². The van der Waals surface area contributed by atoms with Gasteiger partial charge in [0.05, 0.1) is 11.6 Å². The first-order valence-corrected chi connectivity index (χ1v) is 6.68. The summed E-state index contributed by atoms with van der Waals surface area (Å²) in [6.45, 7) is 4.33. The molecule has 0 saturated carbocycles. The fraction of sp³-hybridized carbons (Fsp3) is 0.231. The molecular formula is C13H16N4OS. The summed E-state index contributed by atoms with van der Waals surface area (Å²) < 4.78 is 0. The van der Waals surface area contributed by atoms with Crippen LogP contribution in [0.3, 0.4) is 0 Å². The molecule has 0 aliphatic carbocycles. The summed E-state index contributed by atoms with van der Waals surface area (Å²) in [6.07, 6.45) is 1.79. The minimum absolute atomic E-state index is 0.0906. The van der Waals surface area contributed by atoms with Crippen molar-refractivity contribution < 1.29 is 4.79 Å². The molecule has 100 valence electrons. The standard InChI is InChI=1S/C13H16N4OS/c1-8-5-10(17-14)3-4-12(8)13(18)16-7-11-6-15-9(2)19-11/h3-6,17H,7,14H2,1-2H3,(H,16,18). The number of amides is 1. The van der Waals surface area contributed by atoms with E-state index in [-0.39, 0.29) is 5.91 Å². The number of anilines is 1. The third-order valence-corrected chi connectivity index (χ3v) is 3.64. The zero-order valence-corrected chi connectivity index (χ0v) is 11.7. The predicted octanol–water partition coefficient (Wildman–Crippen LogP) is 1.98. The third kappa shape index (κ3) is 3.30. The SMILES string of the molecule is Cc1ncc(CNC(=O)c2ccc(NN)cc2C)s1. The topological polar surface area (TPSA) is 80.0 Å². The van der Waals surface area contributed by atoms with Gasteiger partial charge in [0.2, 0.25) is 0 Å². The van der Waals surface area contributed by atoms with Crippen molar-refractivity contribution in [3.05, 3.63) is 45.4 Å². The molecule has 0 bridgehead atoms. The van der Waals surface area contributed by atoms with Crippen molar-refractivity contribution in [1.29, 1.82) is 0 Å². The molecular weight excluding hydrogens is 260 g/mol. The van der Waals surface area contributed by atoms with E-state index in [0.29, 0.717) is 12.1 Å². The number of hydrazine groups is 1. The second-order valence-electron chi connectivity index (χ2n) is 4.20. The van der Waals surface area contributed by atoms with Gasteiger partial charge >= 0.3 is 0 Å². The maximum atomic E-state index is 12.1. The number of aromatic nitrogens is 1. The summed E-state index contributed by atoms with van der Waals surface area (Å²) in [7, 11) is 0. The van der Waals surface area contributed by atoms with Crippen LogP contribution in [-0.4, -0.2) is 10.9 Å². The van der Waals surface area contributed by atoms with Crippen LogP contribution < -0.4 is 16.6 Å². The molecule has 0 saturated heterocycles. The molecule has 0 aliphatic rings. The van der Waals surface area contributed by atoms with E-state index < -0.39 is 0 Å². The predicted molar refractivity (Wildman–Crippen MR) is 77.0 cm³/mol. The summed E-state index contributed by atoms with van der Waals surface area (Å²) in [5.41, 5.74) is 4.88. The number of thiazole rings is 1. The molecule has 1 amide bonds. The van der Waals surface area contributed by atoms with Gasteiger partial charge in [-0.05, 0) is 37.6 Å². The quantitative estimate of drug-likeness (QED) is 0.589. The van der Waals surface area contributed by atoms with Crippen LogP contribution in [0.25, 0.3) is 0 Å². The smallest absolute Gasteiger partial charge is 0.251 e. The van der Waals surface area contributed by atoms with Crippen LogP contribution in [0.15, 0.2) is 24.4 Å². The lowest BCUT2D eigenvalue weighted by Gasteiger charge is -2.08. The van der Waals surface area contributed by atoms with Crippen LogP contribution >= 0.6 is 11.3 Å². The van der Waals surface area contributed by atoms with E-state index in [2.05, 4.69) is 15.7 Å². The summed E-state index contributed by atoms with van der Waals surface area (Å²) >= 11 is 1.58. The fourth-order valence-electron chi connectivity index (χ4n) is 1.76. The van der Waals surface area contributed by atoms with Gasteiger partial charge in [0.25, 0.3) is 5.91 Å². The number of nitrogens with zero attached hydrogens (tertiary/aromatic N) is 1. The van der Waals surface area contributed by atoms with Crippen LogP contribution in [0, 0.1) is 13.8 Å². The molecule has 1 heterocycles. The molecule has 5 nitrogen and oxygen atoms in total. The minimum atomic E-state index is -0.0906. The van der Waals surface area contributed by atoms with Crippen molar-refractivity contribution in [1.82, 2.24) is 10.3 Å². The lowest BCUT2D eigenvalue weighted by molar-refractivity contribution is 0.0950. The third-order valence-electron chi connectivity index (χ3n) is 2.73. The van der Waals surface area contributed by atoms with Gasteiger partial charge < -0.3 is 10.7 Å². The summed E-state index contributed by atoms with van der Waals surface area (Å²) in [5, 5.41) is 3.89. The molecule has 1 aromatic heterocycles. The lowest BCUT2D eigenvalue weighted by atomic mass is 10.1. The molecule has 1 aromatic carbocycles. The monoisotopic (exact) mass is 276 g/mol. The second kappa shape index (κ2) is 5.81. The van der Waals surface area contributed by atoms with Crippen LogP contribution in [0.5, 0.6) is 0 Å². The molecule has 0 atom stereocenters. The average Bonchev–Trinajstić information content (AvgIpc) is 2.81. The van der Waals surface area contributed by atoms with E-state index in [1.807, 2.05) is 19.9 Å². The van der Waals surface area contributed by atoms with Crippen molar-refractivity contribution in [3.63, 3.8) is 0 Å². The van der Waals surface area contributed by atoms with Crippen LogP contribution in [-0.2, 0) is 6.54 Å². The van der Waals surface area contributed by atoms with Gasteiger partial charge in [-0.1, -0.05) is 0 Å². The van der Waals surface area contributed by atoms with E-state index >= 15 is 0 Å². The number of hydrogen-bond acceptors (Lipinski definition) is 5. The Kier molecular flexibility index (Phi) is 4.13. The number of nitrogen functional groups attached to an aromatic ring is 1. The van der Waals surface area contributed by atoms with Crippen molar-refractivity contribution in [3.8, 4) is 0 Å². The number of carbonyl (C=O) groups excluding carboxylic acids is 1. The summed E-state index contributed by atoms with van der Waals surface area (Å²) in [5.74, 6) is 5.24. The lowest BCUT2D eigenvalue weighted by Crippen LogP contribution is -2.23. The largest absolute Gasteiger partial charge is 0.347 e. The van der Waals surface area contributed by atoms with Gasteiger partial charge in [-0.3, -0.25) is 10.6 Å². The van der Waals surface area contributed by atoms with Gasteiger partial charge in [0, 0.05) is 22.3 Å². The molecule has 19 heavy (non-hydrogen) atoms. The molecule has 0 spiro atoms. The van der Waals surface area contributed by atoms with Crippen LogP contribution in [0.1, 0.15) is 25.8 Å². The van der Waals surface area contributed by atoms with E-state index in [4.69, 9.17) is 5.84 Å². The first-order valence-electron chi connectivity index (χ1n) is 5.87. The Balaban J connectivity index is 2.03. The molecule has 6 heteroatoms. The first-order chi connectivity index (χ1) is 9.10. The highest BCUT2D eigenvalue weighted by Gasteiger charge is 2.09. The number of carbonyl (C=O) groups is 1. The Hall–Kier alpha value is -1.92. The molecule has 0 aliphatic heterocycles. The minimum Gasteiger partial charge on any atom is -0.347 e. The van der Waals surface area contributed by atoms with Gasteiger partial charge in [-0.2, -0.15) is 0 Å². The maximum absolute atomic E-state index is 12.1. The van der Waals surface area contributed by atoms with E-state index in [0.717, 1.165) is 21.1 Å². The van der Waals surface area contributed by atoms with Gasteiger partial charge in [0.15, 0.2) is 0 Å². The molecule has 2 aromatic rings. The number of aryl methyl sites for hydroxylation is 2. The maximum Gasteiger partial charge on any atom is 0.251 e. The van der Waals surface area contributed by atoms with E-state index in [1.54, 1.807) is 29.7 Å². The van der Waals surface area contributed by atoms with E-state index in [1.165, 1.54) is 0 Å². The molecule has 0 radical (unpaired) electrons. The van der Waals surface area contributed by atoms with E-state index in [9.17, 15) is 4.79 Å². The van der Waals surface area contributed by atoms with Gasteiger partial charge in [-0.25, -0.2) is 4.98 Å². The number of nitrogens with one attached hydrogen (secondary N) is 2. The van der Waals surface area contributed by atoms with Crippen molar-refractivity contribution in [2.24, 2.45) is 5.84 Å². The number of benzene rings is 1. The number of nitrogens with two attached hydrogens (primary N) is 1. The highest BCUT2D eigenvalue weighted by Crippen LogP contribution is 2.15. The second-order valence-corrected chi connectivity index (χ2v) is 5.52. The Bertz CT molecular complexity index is 594. The summed E-state index contributed by atoms with van der Waals surface area (Å²) in [6, 6.07) is 5.38. The fourth-order valence-corrected chi connectivity index (χ4v) is 2.49. The van der Waals surface area contributed by atoms with Crippen molar-refractivity contribution in [2.45, 2.75) is 20.4 Å². The molecule has 2 rings (SSSR count). The first kappa shape index (κ1) is 13.5. The highest BCUT2D eigenvalue weighted by atomic mass is 32.1. The number of hydrogen-bond donors (Lipinski definition) is 3. The molecule has 0 fully saturated rings. The Labute approximate surface area is 115 Å². The Morgan fingerprint density at radius 1 is 1.42 bits per heavy atom. The number of rotatable bonds is 4. The normalized spacial score (nSPS) is 10.3. The van der Waals surface area contributed by atoms with Gasteiger partial charge in [-0.15, -0.1) is 11.3 Å². The summed E-state index contributed by atoms with van der Waals surface area (Å²) in [4.78, 5) is 17.3. The average molecular weight is 276 g/mol. The van der Waals surface area contributed by atoms with Gasteiger partial charge in [0.1, 0.15) is 0 Å². The van der Waals surface area contributed by atoms with Crippen LogP contribution in [0.2, 0.25) is 0 Å².